The van der Waals surface area contributed by atoms with Crippen molar-refractivity contribution in [1.82, 2.24) is 19.4 Å². The molecule has 4 aromatic rings. The van der Waals surface area contributed by atoms with Crippen molar-refractivity contribution >= 4 is 11.6 Å². The van der Waals surface area contributed by atoms with Crippen molar-refractivity contribution in [3.63, 3.8) is 0 Å². The number of fused-ring (bicyclic) bond motifs is 1. The van der Waals surface area contributed by atoms with Crippen LogP contribution in [0, 0.1) is 5.82 Å². The van der Waals surface area contributed by atoms with Crippen LogP contribution in [0.15, 0.2) is 54.9 Å². The van der Waals surface area contributed by atoms with Crippen LogP contribution < -0.4 is 5.32 Å². The Balaban J connectivity index is 1.61. The fourth-order valence-electron chi connectivity index (χ4n) is 4.23. The Morgan fingerprint density at radius 2 is 1.84 bits per heavy atom. The van der Waals surface area contributed by atoms with Gasteiger partial charge in [0.05, 0.1) is 23.7 Å². The number of hydrogen-bond acceptors (Lipinski definition) is 5. The molecule has 0 aliphatic heterocycles. The third-order valence-corrected chi connectivity index (χ3v) is 5.83. The van der Waals surface area contributed by atoms with Crippen LogP contribution >= 0.6 is 0 Å². The Kier molecular flexibility index (Phi) is 5.34. The number of hydrogen-bond donors (Lipinski definition) is 2. The molecule has 31 heavy (non-hydrogen) atoms. The van der Waals surface area contributed by atoms with E-state index in [1.54, 1.807) is 18.3 Å². The summed E-state index contributed by atoms with van der Waals surface area (Å²) in [5.41, 5.74) is 4.51. The second-order valence-corrected chi connectivity index (χ2v) is 7.98. The molecule has 0 bridgehead atoms. The highest BCUT2D eigenvalue weighted by Gasteiger charge is 2.19. The molecule has 1 saturated carbocycles. The number of anilines is 1. The number of benzene rings is 1. The molecular formula is C24H24FN5O. The van der Waals surface area contributed by atoms with Crippen molar-refractivity contribution in [2.75, 3.05) is 5.32 Å². The van der Waals surface area contributed by atoms with Gasteiger partial charge in [-0.05, 0) is 60.9 Å². The fraction of sp³-hybridized carbons (Fsp3) is 0.292. The molecule has 158 valence electrons. The summed E-state index contributed by atoms with van der Waals surface area (Å²) in [6.07, 6.45) is 9.65. The molecule has 5 rings (SSSR count). The zero-order valence-electron chi connectivity index (χ0n) is 17.1. The van der Waals surface area contributed by atoms with Gasteiger partial charge in [-0.1, -0.05) is 19.3 Å². The summed E-state index contributed by atoms with van der Waals surface area (Å²) in [6, 6.07) is 12.3. The molecule has 7 heteroatoms. The topological polar surface area (TPSA) is 75.3 Å². The molecule has 0 unspecified atom stereocenters. The van der Waals surface area contributed by atoms with E-state index in [9.17, 15) is 9.50 Å². The molecule has 1 fully saturated rings. The van der Waals surface area contributed by atoms with Gasteiger partial charge in [-0.25, -0.2) is 19.3 Å². The highest BCUT2D eigenvalue weighted by atomic mass is 19.1. The van der Waals surface area contributed by atoms with Crippen LogP contribution in [-0.2, 0) is 6.61 Å². The zero-order valence-corrected chi connectivity index (χ0v) is 17.1. The van der Waals surface area contributed by atoms with E-state index in [4.69, 9.17) is 9.97 Å². The number of rotatable bonds is 5. The Morgan fingerprint density at radius 1 is 1.03 bits per heavy atom. The van der Waals surface area contributed by atoms with Gasteiger partial charge in [-0.15, -0.1) is 0 Å². The number of aromatic nitrogens is 4. The van der Waals surface area contributed by atoms with E-state index in [0.717, 1.165) is 35.4 Å². The van der Waals surface area contributed by atoms with Crippen LogP contribution in [0.3, 0.4) is 0 Å². The third-order valence-electron chi connectivity index (χ3n) is 5.83. The SMILES string of the molecule is OCc1ccn2c(-c3ccnc(NC4CCCCC4)n3)c(-c3ccc(F)cc3)nc2c1. The highest BCUT2D eigenvalue weighted by Crippen LogP contribution is 2.32. The minimum absolute atomic E-state index is 0.0620. The standard InChI is InChI=1S/C24H24FN5O/c25-18-8-6-17(7-9-18)22-23(30-13-11-16(15-31)14-21(30)29-22)20-10-12-26-24(28-20)27-19-4-2-1-3-5-19/h6-14,19,31H,1-5,15H2,(H,26,27,28). The van der Waals surface area contributed by atoms with Crippen molar-refractivity contribution in [3.8, 4) is 22.6 Å². The van der Waals surface area contributed by atoms with E-state index in [2.05, 4.69) is 10.3 Å². The third kappa shape index (κ3) is 4.01. The lowest BCUT2D eigenvalue weighted by Crippen LogP contribution is -2.23. The Bertz CT molecular complexity index is 1200. The van der Waals surface area contributed by atoms with Gasteiger partial charge in [-0.3, -0.25) is 4.40 Å². The summed E-state index contributed by atoms with van der Waals surface area (Å²) in [6.45, 7) is -0.0620. The number of nitrogens with one attached hydrogen (secondary N) is 1. The average molecular weight is 417 g/mol. The van der Waals surface area contributed by atoms with Crippen LogP contribution in [0.1, 0.15) is 37.7 Å². The van der Waals surface area contributed by atoms with Crippen LogP contribution in [0.25, 0.3) is 28.3 Å². The molecule has 0 saturated heterocycles. The van der Waals surface area contributed by atoms with E-state index in [1.165, 1.54) is 31.4 Å². The Labute approximate surface area is 179 Å². The predicted molar refractivity (Wildman–Crippen MR) is 118 cm³/mol. The molecule has 2 N–H and O–H groups in total. The van der Waals surface area contributed by atoms with Gasteiger partial charge >= 0.3 is 0 Å². The molecule has 0 spiro atoms. The van der Waals surface area contributed by atoms with Gasteiger partial charge in [0.15, 0.2) is 0 Å². The molecule has 3 aromatic heterocycles. The lowest BCUT2D eigenvalue weighted by Gasteiger charge is -2.22. The maximum absolute atomic E-state index is 13.5. The van der Waals surface area contributed by atoms with Crippen molar-refractivity contribution in [2.24, 2.45) is 0 Å². The number of halogens is 1. The molecule has 0 atom stereocenters. The number of aliphatic hydroxyl groups excluding tert-OH is 1. The molecule has 3 heterocycles. The van der Waals surface area contributed by atoms with Gasteiger partial charge in [-0.2, -0.15) is 0 Å². The Hall–Kier alpha value is -3.32. The van der Waals surface area contributed by atoms with Crippen LogP contribution in [0.5, 0.6) is 0 Å². The van der Waals surface area contributed by atoms with Gasteiger partial charge in [0.2, 0.25) is 5.95 Å². The molecule has 1 aliphatic rings. The largest absolute Gasteiger partial charge is 0.392 e. The monoisotopic (exact) mass is 417 g/mol. The maximum atomic E-state index is 13.5. The van der Waals surface area contributed by atoms with Crippen molar-refractivity contribution in [3.05, 3.63) is 66.2 Å². The fourth-order valence-corrected chi connectivity index (χ4v) is 4.23. The first-order valence-corrected chi connectivity index (χ1v) is 10.7. The van der Waals surface area contributed by atoms with Crippen molar-refractivity contribution in [2.45, 2.75) is 44.8 Å². The minimum Gasteiger partial charge on any atom is -0.392 e. The molecule has 1 aliphatic carbocycles. The number of imidazole rings is 1. The zero-order chi connectivity index (χ0) is 21.2. The van der Waals surface area contributed by atoms with Gasteiger partial charge in [0.25, 0.3) is 0 Å². The predicted octanol–water partition coefficient (Wildman–Crippen LogP) is 4.83. The molecule has 1 aromatic carbocycles. The molecule has 0 amide bonds. The van der Waals surface area contributed by atoms with Crippen LogP contribution in [-0.4, -0.2) is 30.5 Å². The second kappa shape index (κ2) is 8.43. The van der Waals surface area contributed by atoms with Crippen LogP contribution in [0.2, 0.25) is 0 Å². The first-order chi connectivity index (χ1) is 15.2. The second-order valence-electron chi connectivity index (χ2n) is 7.98. The minimum atomic E-state index is -0.294. The van der Waals surface area contributed by atoms with Gasteiger partial charge in [0.1, 0.15) is 11.5 Å². The van der Waals surface area contributed by atoms with E-state index in [0.29, 0.717) is 23.3 Å². The smallest absolute Gasteiger partial charge is 0.223 e. The number of aliphatic hydroxyl groups is 1. The molecule has 6 nitrogen and oxygen atoms in total. The highest BCUT2D eigenvalue weighted by molar-refractivity contribution is 5.80. The lowest BCUT2D eigenvalue weighted by atomic mass is 9.96. The summed E-state index contributed by atoms with van der Waals surface area (Å²) in [5.74, 6) is 0.314. The summed E-state index contributed by atoms with van der Waals surface area (Å²) in [7, 11) is 0. The summed E-state index contributed by atoms with van der Waals surface area (Å²) < 4.78 is 15.5. The maximum Gasteiger partial charge on any atom is 0.223 e. The van der Waals surface area contributed by atoms with Gasteiger partial charge in [0, 0.05) is 24.0 Å². The summed E-state index contributed by atoms with van der Waals surface area (Å²) >= 11 is 0. The average Bonchev–Trinajstić information content (AvgIpc) is 3.19. The Morgan fingerprint density at radius 3 is 2.61 bits per heavy atom. The van der Waals surface area contributed by atoms with E-state index < -0.39 is 0 Å². The van der Waals surface area contributed by atoms with Crippen LogP contribution in [0.4, 0.5) is 10.3 Å². The number of nitrogens with zero attached hydrogens (tertiary/aromatic N) is 4. The molecule has 0 radical (unpaired) electrons. The van der Waals surface area contributed by atoms with E-state index in [-0.39, 0.29) is 12.4 Å². The van der Waals surface area contributed by atoms with Crippen molar-refractivity contribution < 1.29 is 9.50 Å². The number of pyridine rings is 1. The normalized spacial score (nSPS) is 14.8. The van der Waals surface area contributed by atoms with E-state index >= 15 is 0 Å². The molecular weight excluding hydrogens is 393 g/mol. The van der Waals surface area contributed by atoms with Crippen molar-refractivity contribution in [1.29, 1.82) is 0 Å². The van der Waals surface area contributed by atoms with Gasteiger partial charge < -0.3 is 10.4 Å². The van der Waals surface area contributed by atoms with E-state index in [1.807, 2.05) is 28.8 Å². The lowest BCUT2D eigenvalue weighted by molar-refractivity contribution is 0.282. The summed E-state index contributed by atoms with van der Waals surface area (Å²) in [5, 5.41) is 13.0. The first-order valence-electron chi connectivity index (χ1n) is 10.7. The quantitative estimate of drug-likeness (QED) is 0.486. The first kappa shape index (κ1) is 19.6. The summed E-state index contributed by atoms with van der Waals surface area (Å²) in [4.78, 5) is 14.0.